The molecule has 1 aliphatic heterocycles. The predicted octanol–water partition coefficient (Wildman–Crippen LogP) is 2.56. The molecule has 1 fully saturated rings. The van der Waals surface area contributed by atoms with Gasteiger partial charge in [0.2, 0.25) is 15.9 Å². The molecule has 0 saturated carbocycles. The van der Waals surface area contributed by atoms with Crippen molar-refractivity contribution in [1.29, 1.82) is 0 Å². The molecular weight excluding hydrogens is 438 g/mol. The second-order valence-corrected chi connectivity index (χ2v) is 10.3. The molecule has 1 aliphatic rings. The van der Waals surface area contributed by atoms with Gasteiger partial charge < -0.3 is 14.9 Å². The fourth-order valence-corrected chi connectivity index (χ4v) is 5.60. The van der Waals surface area contributed by atoms with Gasteiger partial charge in [0, 0.05) is 38.4 Å². The van der Waals surface area contributed by atoms with E-state index in [1.807, 2.05) is 65.6 Å². The molecule has 33 heavy (non-hydrogen) atoms. The first-order chi connectivity index (χ1) is 15.8. The van der Waals surface area contributed by atoms with Crippen molar-refractivity contribution in [3.05, 3.63) is 72.8 Å². The van der Waals surface area contributed by atoms with Gasteiger partial charge in [-0.3, -0.25) is 4.79 Å². The van der Waals surface area contributed by atoms with Crippen LogP contribution in [0.5, 0.6) is 0 Å². The lowest BCUT2D eigenvalue weighted by atomic mass is 10.1. The number of amides is 1. The van der Waals surface area contributed by atoms with Crippen molar-refractivity contribution in [3.63, 3.8) is 0 Å². The van der Waals surface area contributed by atoms with Crippen molar-refractivity contribution in [2.24, 2.45) is 0 Å². The Morgan fingerprint density at radius 2 is 1.58 bits per heavy atom. The summed E-state index contributed by atoms with van der Waals surface area (Å²) < 4.78 is 27.8. The lowest BCUT2D eigenvalue weighted by Crippen LogP contribution is -2.53. The number of anilines is 1. The zero-order valence-electron chi connectivity index (χ0n) is 18.7. The van der Waals surface area contributed by atoms with E-state index in [4.69, 9.17) is 0 Å². The third kappa shape index (κ3) is 5.35. The molecule has 3 aromatic carbocycles. The molecule has 1 heterocycles. The molecule has 0 aliphatic carbocycles. The molecular formula is C25H29N3O4S. The second kappa shape index (κ2) is 9.91. The Hall–Kier alpha value is -2.94. The summed E-state index contributed by atoms with van der Waals surface area (Å²) in [7, 11) is -3.63. The number of sulfonamides is 1. The number of aliphatic hydroxyl groups is 1. The minimum atomic E-state index is -3.63. The molecule has 1 unspecified atom stereocenters. The number of rotatable bonds is 7. The van der Waals surface area contributed by atoms with Gasteiger partial charge in [0.1, 0.15) is 0 Å². The molecule has 0 radical (unpaired) electrons. The number of hydrogen-bond acceptors (Lipinski definition) is 5. The highest BCUT2D eigenvalue weighted by atomic mass is 32.2. The van der Waals surface area contributed by atoms with E-state index in [-0.39, 0.29) is 30.4 Å². The first kappa shape index (κ1) is 23.2. The van der Waals surface area contributed by atoms with Gasteiger partial charge in [-0.15, -0.1) is 0 Å². The maximum atomic E-state index is 13.2. The number of fused-ring (bicyclic) bond motifs is 1. The lowest BCUT2D eigenvalue weighted by molar-refractivity contribution is -0.130. The standard InChI is InChI=1S/C25H29N3O4S/c1-20(29)18-27(23-9-3-2-4-10-23)19-25(30)26-13-15-28(16-14-26)33(31,32)24-12-11-21-7-5-6-8-22(21)17-24/h2-12,17,20,29H,13-16,18-19H2,1H3. The number of piperazine rings is 1. The highest BCUT2D eigenvalue weighted by Crippen LogP contribution is 2.23. The van der Waals surface area contributed by atoms with Gasteiger partial charge in [-0.1, -0.05) is 48.5 Å². The summed E-state index contributed by atoms with van der Waals surface area (Å²) in [6, 6.07) is 22.3. The third-order valence-corrected chi connectivity index (χ3v) is 7.78. The molecule has 1 amide bonds. The Kier molecular flexibility index (Phi) is 6.97. The van der Waals surface area contributed by atoms with Crippen molar-refractivity contribution in [2.45, 2.75) is 17.9 Å². The SMILES string of the molecule is CC(O)CN(CC(=O)N1CCN(S(=O)(=O)c2ccc3ccccc3c2)CC1)c1ccccc1. The van der Waals surface area contributed by atoms with Crippen LogP contribution >= 0.6 is 0 Å². The summed E-state index contributed by atoms with van der Waals surface area (Å²) in [5, 5.41) is 11.7. The topological polar surface area (TPSA) is 81.2 Å². The summed E-state index contributed by atoms with van der Waals surface area (Å²) in [5.74, 6) is -0.0812. The zero-order chi connectivity index (χ0) is 23.4. The van der Waals surface area contributed by atoms with Crippen LogP contribution in [0.15, 0.2) is 77.7 Å². The number of hydrogen-bond donors (Lipinski definition) is 1. The minimum absolute atomic E-state index is 0.0812. The summed E-state index contributed by atoms with van der Waals surface area (Å²) in [6.07, 6.45) is -0.582. The van der Waals surface area contributed by atoms with E-state index in [0.717, 1.165) is 16.5 Å². The molecule has 1 N–H and O–H groups in total. The van der Waals surface area contributed by atoms with Crippen molar-refractivity contribution < 1.29 is 18.3 Å². The van der Waals surface area contributed by atoms with Gasteiger partial charge in [0.15, 0.2) is 0 Å². The Balaban J connectivity index is 1.41. The smallest absolute Gasteiger partial charge is 0.243 e. The highest BCUT2D eigenvalue weighted by Gasteiger charge is 2.30. The summed E-state index contributed by atoms with van der Waals surface area (Å²) >= 11 is 0. The largest absolute Gasteiger partial charge is 0.392 e. The predicted molar refractivity (Wildman–Crippen MR) is 130 cm³/mol. The minimum Gasteiger partial charge on any atom is -0.392 e. The van der Waals surface area contributed by atoms with Crippen LogP contribution in [0.3, 0.4) is 0 Å². The van der Waals surface area contributed by atoms with Crippen molar-refractivity contribution in [2.75, 3.05) is 44.2 Å². The van der Waals surface area contributed by atoms with Gasteiger partial charge in [0.05, 0.1) is 17.5 Å². The van der Waals surface area contributed by atoms with Crippen LogP contribution in [0.2, 0.25) is 0 Å². The number of nitrogens with zero attached hydrogens (tertiary/aromatic N) is 3. The van der Waals surface area contributed by atoms with Crippen molar-refractivity contribution >= 4 is 32.4 Å². The summed E-state index contributed by atoms with van der Waals surface area (Å²) in [5.41, 5.74) is 0.865. The van der Waals surface area contributed by atoms with Crippen LogP contribution in [-0.4, -0.2) is 74.0 Å². The molecule has 0 aromatic heterocycles. The van der Waals surface area contributed by atoms with E-state index in [1.54, 1.807) is 24.0 Å². The normalized spacial score (nSPS) is 16.0. The van der Waals surface area contributed by atoms with E-state index in [9.17, 15) is 18.3 Å². The Bertz CT molecular complexity index is 1210. The second-order valence-electron chi connectivity index (χ2n) is 8.36. The van der Waals surface area contributed by atoms with Gasteiger partial charge in [0.25, 0.3) is 0 Å². The van der Waals surface area contributed by atoms with Crippen LogP contribution in [0, 0.1) is 0 Å². The average Bonchev–Trinajstić information content (AvgIpc) is 2.83. The number of aliphatic hydroxyl groups excluding tert-OH is 1. The van der Waals surface area contributed by atoms with Gasteiger partial charge in [-0.2, -0.15) is 4.31 Å². The quantitative estimate of drug-likeness (QED) is 0.578. The monoisotopic (exact) mass is 467 g/mol. The van der Waals surface area contributed by atoms with Gasteiger partial charge >= 0.3 is 0 Å². The van der Waals surface area contributed by atoms with Gasteiger partial charge in [-0.05, 0) is 42.0 Å². The maximum Gasteiger partial charge on any atom is 0.243 e. The fraction of sp³-hybridized carbons (Fsp3) is 0.320. The molecule has 4 rings (SSSR count). The highest BCUT2D eigenvalue weighted by molar-refractivity contribution is 7.89. The fourth-order valence-electron chi connectivity index (χ4n) is 4.14. The Labute approximate surface area is 194 Å². The molecule has 1 atom stereocenters. The first-order valence-corrected chi connectivity index (χ1v) is 12.5. The Morgan fingerprint density at radius 1 is 0.939 bits per heavy atom. The first-order valence-electron chi connectivity index (χ1n) is 11.1. The summed E-state index contributed by atoms with van der Waals surface area (Å²) in [4.78, 5) is 16.8. The van der Waals surface area contributed by atoms with E-state index in [1.165, 1.54) is 4.31 Å². The Morgan fingerprint density at radius 3 is 2.24 bits per heavy atom. The van der Waals surface area contributed by atoms with Crippen LogP contribution < -0.4 is 4.90 Å². The average molecular weight is 468 g/mol. The van der Waals surface area contributed by atoms with Crippen LogP contribution in [0.4, 0.5) is 5.69 Å². The van der Waals surface area contributed by atoms with Crippen LogP contribution in [-0.2, 0) is 14.8 Å². The van der Waals surface area contributed by atoms with Crippen LogP contribution in [0.1, 0.15) is 6.92 Å². The molecule has 0 bridgehead atoms. The molecule has 7 nitrogen and oxygen atoms in total. The summed E-state index contributed by atoms with van der Waals surface area (Å²) in [6.45, 7) is 3.34. The number of carbonyl (C=O) groups is 1. The maximum absolute atomic E-state index is 13.2. The molecule has 1 saturated heterocycles. The van der Waals surface area contributed by atoms with E-state index >= 15 is 0 Å². The van der Waals surface area contributed by atoms with Crippen molar-refractivity contribution in [1.82, 2.24) is 9.21 Å². The number of para-hydroxylation sites is 1. The van der Waals surface area contributed by atoms with E-state index < -0.39 is 16.1 Å². The molecule has 174 valence electrons. The molecule has 3 aromatic rings. The molecule has 0 spiro atoms. The lowest BCUT2D eigenvalue weighted by Gasteiger charge is -2.35. The van der Waals surface area contributed by atoms with Crippen molar-refractivity contribution in [3.8, 4) is 0 Å². The zero-order valence-corrected chi connectivity index (χ0v) is 19.5. The van der Waals surface area contributed by atoms with E-state index in [0.29, 0.717) is 19.6 Å². The third-order valence-electron chi connectivity index (χ3n) is 5.88. The molecule has 8 heteroatoms. The van der Waals surface area contributed by atoms with Crippen LogP contribution in [0.25, 0.3) is 10.8 Å². The number of carbonyl (C=O) groups excluding carboxylic acids is 1. The van der Waals surface area contributed by atoms with E-state index in [2.05, 4.69) is 0 Å². The number of benzene rings is 3. The van der Waals surface area contributed by atoms with Gasteiger partial charge in [-0.25, -0.2) is 8.42 Å².